The second kappa shape index (κ2) is 25.4. The molecule has 18 nitrogen and oxygen atoms in total. The third-order valence-electron chi connectivity index (χ3n) is 8.67. The summed E-state index contributed by atoms with van der Waals surface area (Å²) in [6.45, 7) is 9.01. The highest BCUT2D eigenvalue weighted by Gasteiger charge is 2.57. The number of esters is 7. The molecule has 0 aromatic rings. The Morgan fingerprint density at radius 1 is 0.411 bits per heavy atom. The molecule has 0 N–H and O–H groups in total. The van der Waals surface area contributed by atoms with Crippen molar-refractivity contribution in [1.82, 2.24) is 0 Å². The lowest BCUT2D eigenvalue weighted by molar-refractivity contribution is -0.361. The van der Waals surface area contributed by atoms with E-state index in [4.69, 9.17) is 52.1 Å². The number of carbonyl (C=O) groups is 7. The summed E-state index contributed by atoms with van der Waals surface area (Å²) in [6.07, 6.45) is -4.18. The van der Waals surface area contributed by atoms with Gasteiger partial charge < -0.3 is 52.1 Å². The molecule has 2 aliphatic heterocycles. The van der Waals surface area contributed by atoms with Gasteiger partial charge >= 0.3 is 41.8 Å². The Morgan fingerprint density at radius 2 is 0.768 bits per heavy atom. The molecule has 10 atom stereocenters. The van der Waals surface area contributed by atoms with E-state index in [1.807, 2.05) is 0 Å². The quantitative estimate of drug-likeness (QED) is 0.0819. The van der Waals surface area contributed by atoms with Crippen LogP contribution in [0.1, 0.15) is 120 Å². The van der Waals surface area contributed by atoms with Gasteiger partial charge in [0.1, 0.15) is 31.5 Å². The van der Waals surface area contributed by atoms with Crippen LogP contribution in [-0.2, 0) is 85.7 Å². The lowest BCUT2D eigenvalue weighted by Gasteiger charge is -2.48. The van der Waals surface area contributed by atoms with Crippen molar-refractivity contribution in [2.75, 3.05) is 19.8 Å². The van der Waals surface area contributed by atoms with Crippen LogP contribution in [0.25, 0.3) is 0 Å². The summed E-state index contributed by atoms with van der Waals surface area (Å²) in [5.41, 5.74) is 0. The summed E-state index contributed by atoms with van der Waals surface area (Å²) >= 11 is 0. The van der Waals surface area contributed by atoms with Gasteiger partial charge in [-0.3, -0.25) is 33.6 Å². The van der Waals surface area contributed by atoms with E-state index in [0.717, 1.165) is 74.1 Å². The maximum Gasteiger partial charge on any atom is 0.303 e. The standard InChI is InChI=1S/C38H60O18/c1-9-10-11-12-13-14-15-16-17-18-19-46-37-35(52-27(7)44)34(51-26(6)43)32(30(54-37)21-48-23(3)40)56-38-36(53-28(8)45)33(50-25(5)42)31(49-24(4)41)29(55-38)20-47-22(2)39/h29-38H,9-21H2,1-8H3/t29?,30?,31-,32-,33?,34?,35?,36?,37?,38?/m0/s1. The maximum absolute atomic E-state index is 12.6. The monoisotopic (exact) mass is 804 g/mol. The Bertz CT molecular complexity index is 1290. The molecule has 0 amide bonds. The van der Waals surface area contributed by atoms with Gasteiger partial charge in [-0.05, 0) is 6.42 Å². The minimum Gasteiger partial charge on any atom is -0.463 e. The van der Waals surface area contributed by atoms with Crippen LogP contribution in [-0.4, -0.2) is 123 Å². The van der Waals surface area contributed by atoms with Crippen molar-refractivity contribution in [2.45, 2.75) is 181 Å². The van der Waals surface area contributed by atoms with Crippen LogP contribution in [0.3, 0.4) is 0 Å². The molecule has 0 aromatic carbocycles. The van der Waals surface area contributed by atoms with Crippen molar-refractivity contribution in [2.24, 2.45) is 0 Å². The average Bonchev–Trinajstić information content (AvgIpc) is 3.09. The molecule has 0 spiro atoms. The molecule has 0 aliphatic carbocycles. The number of rotatable bonds is 23. The Kier molecular flexibility index (Phi) is 21.9. The van der Waals surface area contributed by atoms with E-state index < -0.39 is 116 Å². The van der Waals surface area contributed by atoms with Crippen molar-refractivity contribution in [3.05, 3.63) is 0 Å². The minimum absolute atomic E-state index is 0.178. The van der Waals surface area contributed by atoms with E-state index in [1.165, 1.54) is 32.1 Å². The molecule has 18 heteroatoms. The van der Waals surface area contributed by atoms with Crippen molar-refractivity contribution in [3.8, 4) is 0 Å². The van der Waals surface area contributed by atoms with Crippen molar-refractivity contribution in [3.63, 3.8) is 0 Å². The van der Waals surface area contributed by atoms with Gasteiger partial charge in [-0.25, -0.2) is 0 Å². The SMILES string of the molecule is CCCCCCCCCCCCOC1OC(COC(C)=O)[C@H](OC2OC(COC(C)=O)[C@H](OC(C)=O)C(OC(C)=O)C2OC(C)=O)C(OC(C)=O)C1OC(C)=O. The first-order chi connectivity index (χ1) is 26.5. The van der Waals surface area contributed by atoms with Crippen molar-refractivity contribution < 1.29 is 85.7 Å². The number of ether oxygens (including phenoxy) is 11. The average molecular weight is 805 g/mol. The normalized spacial score (nSPS) is 27.3. The molecule has 56 heavy (non-hydrogen) atoms. The number of carbonyl (C=O) groups excluding carboxylic acids is 7. The Morgan fingerprint density at radius 3 is 1.21 bits per heavy atom. The van der Waals surface area contributed by atoms with E-state index in [0.29, 0.717) is 6.42 Å². The zero-order valence-electron chi connectivity index (χ0n) is 33.8. The molecule has 2 saturated heterocycles. The van der Waals surface area contributed by atoms with Crippen LogP contribution in [0.4, 0.5) is 0 Å². The lowest BCUT2D eigenvalue weighted by atomic mass is 9.96. The van der Waals surface area contributed by atoms with Gasteiger partial charge in [-0.2, -0.15) is 0 Å². The molecule has 0 radical (unpaired) electrons. The highest BCUT2D eigenvalue weighted by molar-refractivity contribution is 5.69. The van der Waals surface area contributed by atoms with E-state index >= 15 is 0 Å². The number of hydrogen-bond acceptors (Lipinski definition) is 18. The van der Waals surface area contributed by atoms with Crippen LogP contribution in [0, 0.1) is 0 Å². The van der Waals surface area contributed by atoms with E-state index in [9.17, 15) is 33.6 Å². The van der Waals surface area contributed by atoms with Crippen molar-refractivity contribution in [1.29, 1.82) is 0 Å². The molecule has 2 aliphatic rings. The van der Waals surface area contributed by atoms with Gasteiger partial charge in [0.25, 0.3) is 0 Å². The van der Waals surface area contributed by atoms with Gasteiger partial charge in [0.2, 0.25) is 0 Å². The molecular formula is C38H60O18. The first-order valence-corrected chi connectivity index (χ1v) is 19.2. The van der Waals surface area contributed by atoms with E-state index in [2.05, 4.69) is 6.92 Å². The summed E-state index contributed by atoms with van der Waals surface area (Å²) in [5.74, 6) is -5.65. The molecule has 2 fully saturated rings. The largest absolute Gasteiger partial charge is 0.463 e. The van der Waals surface area contributed by atoms with Gasteiger partial charge in [-0.15, -0.1) is 0 Å². The second-order valence-electron chi connectivity index (χ2n) is 13.7. The summed E-state index contributed by atoms with van der Waals surface area (Å²) < 4.78 is 62.9. The van der Waals surface area contributed by atoms with Crippen LogP contribution < -0.4 is 0 Å². The third kappa shape index (κ3) is 17.5. The van der Waals surface area contributed by atoms with Gasteiger partial charge in [0, 0.05) is 55.1 Å². The Hall–Kier alpha value is -3.87. The van der Waals surface area contributed by atoms with Crippen molar-refractivity contribution >= 4 is 41.8 Å². The molecule has 0 aromatic heterocycles. The minimum atomic E-state index is -1.76. The zero-order valence-corrected chi connectivity index (χ0v) is 33.8. The summed E-state index contributed by atoms with van der Waals surface area (Å²) in [7, 11) is 0. The predicted molar refractivity (Wildman–Crippen MR) is 191 cm³/mol. The molecule has 2 rings (SSSR count). The molecule has 0 saturated carbocycles. The summed E-state index contributed by atoms with van der Waals surface area (Å²) in [6, 6.07) is 0. The Labute approximate surface area is 328 Å². The number of unbranched alkanes of at least 4 members (excludes halogenated alkanes) is 9. The summed E-state index contributed by atoms with van der Waals surface area (Å²) in [4.78, 5) is 85.9. The predicted octanol–water partition coefficient (Wildman–Crippen LogP) is 3.54. The smallest absolute Gasteiger partial charge is 0.303 e. The van der Waals surface area contributed by atoms with Crippen LogP contribution in [0.5, 0.6) is 0 Å². The highest BCUT2D eigenvalue weighted by Crippen LogP contribution is 2.35. The molecule has 2 heterocycles. The van der Waals surface area contributed by atoms with Gasteiger partial charge in [0.15, 0.2) is 43.1 Å². The van der Waals surface area contributed by atoms with Gasteiger partial charge in [-0.1, -0.05) is 64.7 Å². The lowest BCUT2D eigenvalue weighted by Crippen LogP contribution is -2.67. The summed E-state index contributed by atoms with van der Waals surface area (Å²) in [5, 5.41) is 0. The van der Waals surface area contributed by atoms with E-state index in [-0.39, 0.29) is 6.61 Å². The fourth-order valence-corrected chi connectivity index (χ4v) is 6.40. The second-order valence-corrected chi connectivity index (χ2v) is 13.7. The van der Waals surface area contributed by atoms with Crippen LogP contribution in [0.15, 0.2) is 0 Å². The Balaban J connectivity index is 2.48. The van der Waals surface area contributed by atoms with Crippen LogP contribution >= 0.6 is 0 Å². The van der Waals surface area contributed by atoms with Gasteiger partial charge in [0.05, 0.1) is 0 Å². The van der Waals surface area contributed by atoms with E-state index in [1.54, 1.807) is 0 Å². The molecule has 0 bridgehead atoms. The third-order valence-corrected chi connectivity index (χ3v) is 8.67. The number of hydrogen-bond donors (Lipinski definition) is 0. The maximum atomic E-state index is 12.6. The molecule has 320 valence electrons. The van der Waals surface area contributed by atoms with Crippen LogP contribution in [0.2, 0.25) is 0 Å². The first-order valence-electron chi connectivity index (χ1n) is 19.2. The fraction of sp³-hybridized carbons (Fsp3) is 0.816. The zero-order chi connectivity index (χ0) is 41.8. The molecule has 8 unspecified atom stereocenters. The highest BCUT2D eigenvalue weighted by atomic mass is 16.8. The molecular weight excluding hydrogens is 744 g/mol. The first kappa shape index (κ1) is 48.3. The topological polar surface area (TPSA) is 221 Å². The fourth-order valence-electron chi connectivity index (χ4n) is 6.40.